The van der Waals surface area contributed by atoms with Crippen molar-refractivity contribution in [3.63, 3.8) is 0 Å². The van der Waals surface area contributed by atoms with Crippen LogP contribution in [0.2, 0.25) is 0 Å². The number of halogens is 1. The number of benzene rings is 1. The average Bonchev–Trinajstić information content (AvgIpc) is 2.51. The van der Waals surface area contributed by atoms with Gasteiger partial charge in [0.25, 0.3) is 0 Å². The van der Waals surface area contributed by atoms with Crippen LogP contribution in [0.4, 0.5) is 4.39 Å². The molecule has 0 bridgehead atoms. The number of carbonyl (C=O) groups is 1. The summed E-state index contributed by atoms with van der Waals surface area (Å²) in [6, 6.07) is 4.80. The molecule has 0 fully saturated rings. The maximum atomic E-state index is 13.7. The number of aryl methyl sites for hydroxylation is 1. The molecule has 0 atom stereocenters. The molecular weight excluding hydrogens is 221 g/mol. The largest absolute Gasteiger partial charge is 0.478 e. The van der Waals surface area contributed by atoms with Crippen molar-refractivity contribution in [3.8, 4) is 0 Å². The second-order valence-corrected chi connectivity index (χ2v) is 3.87. The van der Waals surface area contributed by atoms with Crippen molar-refractivity contribution in [1.82, 2.24) is 4.57 Å². The van der Waals surface area contributed by atoms with Crippen LogP contribution in [0.3, 0.4) is 0 Å². The van der Waals surface area contributed by atoms with E-state index < -0.39 is 5.97 Å². The molecule has 4 heteroatoms. The molecule has 0 radical (unpaired) electrons. The Morgan fingerprint density at radius 2 is 2.18 bits per heavy atom. The minimum absolute atomic E-state index is 0.303. The molecule has 1 heterocycles. The van der Waals surface area contributed by atoms with Crippen molar-refractivity contribution in [2.24, 2.45) is 7.05 Å². The van der Waals surface area contributed by atoms with E-state index >= 15 is 0 Å². The van der Waals surface area contributed by atoms with E-state index in [1.807, 2.05) is 6.92 Å². The van der Waals surface area contributed by atoms with E-state index in [0.717, 1.165) is 22.7 Å². The lowest BCUT2D eigenvalue weighted by Gasteiger charge is -1.98. The molecule has 0 unspecified atom stereocenters. The Hall–Kier alpha value is -2.10. The SMILES string of the molecule is Cc1c(/C=C/C(=O)O)c2cccc(F)c2n1C. The van der Waals surface area contributed by atoms with Gasteiger partial charge in [-0.3, -0.25) is 0 Å². The Morgan fingerprint density at radius 3 is 2.82 bits per heavy atom. The molecule has 1 aromatic carbocycles. The predicted octanol–water partition coefficient (Wildman–Crippen LogP) is 2.72. The monoisotopic (exact) mass is 233 g/mol. The van der Waals surface area contributed by atoms with E-state index in [0.29, 0.717) is 5.52 Å². The normalized spacial score (nSPS) is 11.5. The Balaban J connectivity index is 2.76. The number of hydrogen-bond acceptors (Lipinski definition) is 1. The lowest BCUT2D eigenvalue weighted by Crippen LogP contribution is -1.92. The highest BCUT2D eigenvalue weighted by Gasteiger charge is 2.12. The maximum Gasteiger partial charge on any atom is 0.328 e. The lowest BCUT2D eigenvalue weighted by atomic mass is 10.1. The number of para-hydroxylation sites is 1. The van der Waals surface area contributed by atoms with Gasteiger partial charge < -0.3 is 9.67 Å². The van der Waals surface area contributed by atoms with E-state index in [1.54, 1.807) is 23.7 Å². The van der Waals surface area contributed by atoms with Gasteiger partial charge in [0.2, 0.25) is 0 Å². The lowest BCUT2D eigenvalue weighted by molar-refractivity contribution is -0.131. The summed E-state index contributed by atoms with van der Waals surface area (Å²) in [7, 11) is 1.76. The van der Waals surface area contributed by atoms with Crippen LogP contribution >= 0.6 is 0 Å². The van der Waals surface area contributed by atoms with Gasteiger partial charge in [0.1, 0.15) is 5.82 Å². The highest BCUT2D eigenvalue weighted by Crippen LogP contribution is 2.27. The first kappa shape index (κ1) is 11.4. The summed E-state index contributed by atoms with van der Waals surface area (Å²) in [5, 5.41) is 9.36. The van der Waals surface area contributed by atoms with Gasteiger partial charge in [-0.25, -0.2) is 9.18 Å². The summed E-state index contributed by atoms with van der Waals surface area (Å²) in [6.07, 6.45) is 2.56. The molecule has 2 rings (SSSR count). The van der Waals surface area contributed by atoms with E-state index in [-0.39, 0.29) is 5.82 Å². The third-order valence-corrected chi connectivity index (χ3v) is 2.90. The highest BCUT2D eigenvalue weighted by atomic mass is 19.1. The molecule has 17 heavy (non-hydrogen) atoms. The summed E-state index contributed by atoms with van der Waals surface area (Å²) in [5.41, 5.74) is 2.07. The van der Waals surface area contributed by atoms with Crippen LogP contribution < -0.4 is 0 Å². The van der Waals surface area contributed by atoms with E-state index in [4.69, 9.17) is 5.11 Å². The summed E-state index contributed by atoms with van der Waals surface area (Å²) < 4.78 is 15.4. The van der Waals surface area contributed by atoms with Gasteiger partial charge in [-0.2, -0.15) is 0 Å². The highest BCUT2D eigenvalue weighted by molar-refractivity contribution is 5.95. The molecule has 1 aromatic heterocycles. The standard InChI is InChI=1S/C13H12FNO2/c1-8-9(6-7-12(16)17)10-4-3-5-11(14)13(10)15(8)2/h3-7H,1-2H3,(H,16,17)/b7-6+. The van der Waals surface area contributed by atoms with Gasteiger partial charge in [0.15, 0.2) is 0 Å². The summed E-state index contributed by atoms with van der Waals surface area (Å²) in [6.45, 7) is 1.83. The van der Waals surface area contributed by atoms with Crippen LogP contribution in [0.25, 0.3) is 17.0 Å². The molecule has 88 valence electrons. The van der Waals surface area contributed by atoms with Gasteiger partial charge in [-0.15, -0.1) is 0 Å². The Morgan fingerprint density at radius 1 is 1.47 bits per heavy atom. The third-order valence-electron chi connectivity index (χ3n) is 2.90. The summed E-state index contributed by atoms with van der Waals surface area (Å²) >= 11 is 0. The van der Waals surface area contributed by atoms with Crippen molar-refractivity contribution < 1.29 is 14.3 Å². The van der Waals surface area contributed by atoms with Crippen LogP contribution in [-0.2, 0) is 11.8 Å². The number of carboxylic acids is 1. The topological polar surface area (TPSA) is 42.2 Å². The van der Waals surface area contributed by atoms with E-state index in [1.165, 1.54) is 12.1 Å². The average molecular weight is 233 g/mol. The minimum Gasteiger partial charge on any atom is -0.478 e. The molecule has 0 saturated heterocycles. The Labute approximate surface area is 97.8 Å². The fraction of sp³-hybridized carbons (Fsp3) is 0.154. The van der Waals surface area contributed by atoms with Crippen LogP contribution in [0.1, 0.15) is 11.3 Å². The molecule has 3 nitrogen and oxygen atoms in total. The number of rotatable bonds is 2. The molecule has 0 aliphatic carbocycles. The molecular formula is C13H12FNO2. The zero-order valence-electron chi connectivity index (χ0n) is 9.57. The van der Waals surface area contributed by atoms with Crippen molar-refractivity contribution in [2.45, 2.75) is 6.92 Å². The molecule has 0 aliphatic rings. The number of nitrogens with zero attached hydrogens (tertiary/aromatic N) is 1. The first-order chi connectivity index (χ1) is 8.02. The molecule has 0 saturated carbocycles. The molecule has 2 aromatic rings. The number of hydrogen-bond donors (Lipinski definition) is 1. The van der Waals surface area contributed by atoms with Crippen molar-refractivity contribution >= 4 is 22.9 Å². The van der Waals surface area contributed by atoms with E-state index in [9.17, 15) is 9.18 Å². The third kappa shape index (κ3) is 1.82. The zero-order chi connectivity index (χ0) is 12.6. The quantitative estimate of drug-likeness (QED) is 0.810. The summed E-state index contributed by atoms with van der Waals surface area (Å²) in [4.78, 5) is 10.5. The maximum absolute atomic E-state index is 13.7. The Bertz CT molecular complexity index is 626. The summed E-state index contributed by atoms with van der Waals surface area (Å²) in [5.74, 6) is -1.32. The Kier molecular flexibility index (Phi) is 2.71. The van der Waals surface area contributed by atoms with Gasteiger partial charge in [0, 0.05) is 29.8 Å². The fourth-order valence-electron chi connectivity index (χ4n) is 1.98. The van der Waals surface area contributed by atoms with Crippen LogP contribution in [0, 0.1) is 12.7 Å². The van der Waals surface area contributed by atoms with Crippen LogP contribution in [-0.4, -0.2) is 15.6 Å². The van der Waals surface area contributed by atoms with Crippen LogP contribution in [0.15, 0.2) is 24.3 Å². The molecule has 1 N–H and O–H groups in total. The first-order valence-corrected chi connectivity index (χ1v) is 5.17. The zero-order valence-corrected chi connectivity index (χ0v) is 9.57. The molecule has 0 spiro atoms. The van der Waals surface area contributed by atoms with Gasteiger partial charge in [0.05, 0.1) is 5.52 Å². The minimum atomic E-state index is -1.02. The van der Waals surface area contributed by atoms with Crippen molar-refractivity contribution in [2.75, 3.05) is 0 Å². The predicted molar refractivity (Wildman–Crippen MR) is 64.3 cm³/mol. The molecule has 0 amide bonds. The van der Waals surface area contributed by atoms with Gasteiger partial charge in [-0.1, -0.05) is 12.1 Å². The van der Waals surface area contributed by atoms with Gasteiger partial charge >= 0.3 is 5.97 Å². The first-order valence-electron chi connectivity index (χ1n) is 5.17. The number of carboxylic acid groups (broad SMARTS) is 1. The number of fused-ring (bicyclic) bond motifs is 1. The van der Waals surface area contributed by atoms with Crippen molar-refractivity contribution in [3.05, 3.63) is 41.3 Å². The molecule has 0 aliphatic heterocycles. The fourth-order valence-corrected chi connectivity index (χ4v) is 1.98. The van der Waals surface area contributed by atoms with E-state index in [2.05, 4.69) is 0 Å². The van der Waals surface area contributed by atoms with Gasteiger partial charge in [-0.05, 0) is 19.1 Å². The van der Waals surface area contributed by atoms with Crippen LogP contribution in [0.5, 0.6) is 0 Å². The smallest absolute Gasteiger partial charge is 0.328 e. The number of aromatic nitrogens is 1. The number of aliphatic carboxylic acids is 1. The second kappa shape index (κ2) is 4.05. The second-order valence-electron chi connectivity index (χ2n) is 3.87. The van der Waals surface area contributed by atoms with Crippen molar-refractivity contribution in [1.29, 1.82) is 0 Å².